The van der Waals surface area contributed by atoms with Gasteiger partial charge in [0, 0.05) is 12.1 Å². The van der Waals surface area contributed by atoms with Crippen molar-refractivity contribution in [3.05, 3.63) is 35.2 Å². The fourth-order valence-electron chi connectivity index (χ4n) is 2.36. The van der Waals surface area contributed by atoms with Crippen molar-refractivity contribution in [2.24, 2.45) is 0 Å². The molecule has 0 spiro atoms. The van der Waals surface area contributed by atoms with Gasteiger partial charge < -0.3 is 0 Å². The highest BCUT2D eigenvalue weighted by atomic mass is 35.5. The molecule has 88 valence electrons. The lowest BCUT2D eigenvalue weighted by atomic mass is 10.1. The summed E-state index contributed by atoms with van der Waals surface area (Å²) in [6.45, 7) is 0. The summed E-state index contributed by atoms with van der Waals surface area (Å²) in [5.74, 6) is 1.23. The predicted octanol–water partition coefficient (Wildman–Crippen LogP) is 2.97. The fraction of sp³-hybridized carbons (Fsp3) is 0.417. The van der Waals surface area contributed by atoms with E-state index in [1.165, 1.54) is 25.7 Å². The summed E-state index contributed by atoms with van der Waals surface area (Å²) in [7, 11) is 0. The number of aromatic nitrogens is 4. The zero-order valence-corrected chi connectivity index (χ0v) is 10.1. The Bertz CT molecular complexity index is 502. The van der Waals surface area contributed by atoms with E-state index in [4.69, 9.17) is 11.6 Å². The first-order chi connectivity index (χ1) is 8.34. The molecule has 0 N–H and O–H groups in total. The van der Waals surface area contributed by atoms with Crippen molar-refractivity contribution in [1.82, 2.24) is 20.0 Å². The van der Waals surface area contributed by atoms with Crippen LogP contribution in [0.3, 0.4) is 0 Å². The van der Waals surface area contributed by atoms with Crippen molar-refractivity contribution >= 4 is 11.6 Å². The minimum Gasteiger partial charge on any atom is -0.202 e. The van der Waals surface area contributed by atoms with Gasteiger partial charge in [0.1, 0.15) is 5.15 Å². The fourth-order valence-corrected chi connectivity index (χ4v) is 2.60. The smallest absolute Gasteiger partial charge is 0.177 e. The van der Waals surface area contributed by atoms with Crippen LogP contribution in [0.25, 0.3) is 5.82 Å². The molecule has 1 aliphatic rings. The van der Waals surface area contributed by atoms with Crippen molar-refractivity contribution in [2.75, 3.05) is 0 Å². The third-order valence-corrected chi connectivity index (χ3v) is 3.50. The third-order valence-electron chi connectivity index (χ3n) is 3.23. The van der Waals surface area contributed by atoms with E-state index < -0.39 is 0 Å². The standard InChI is InChI=1S/C12H13ClN4/c13-11-8-10(9-4-1-2-5-9)16-17(11)12-6-3-7-14-15-12/h3,6-9H,1-2,4-5H2. The first kappa shape index (κ1) is 10.7. The minimum atomic E-state index is 0.561. The van der Waals surface area contributed by atoms with Crippen LogP contribution in [0.5, 0.6) is 0 Å². The summed E-state index contributed by atoms with van der Waals surface area (Å²) in [6, 6.07) is 5.63. The van der Waals surface area contributed by atoms with Gasteiger partial charge in [-0.05, 0) is 31.0 Å². The molecular formula is C12H13ClN4. The minimum absolute atomic E-state index is 0.561. The molecule has 2 heterocycles. The van der Waals surface area contributed by atoms with E-state index in [2.05, 4.69) is 15.3 Å². The molecule has 5 heteroatoms. The number of hydrogen-bond acceptors (Lipinski definition) is 3. The number of rotatable bonds is 2. The maximum Gasteiger partial charge on any atom is 0.177 e. The van der Waals surface area contributed by atoms with Gasteiger partial charge in [-0.2, -0.15) is 10.2 Å². The van der Waals surface area contributed by atoms with E-state index in [0.29, 0.717) is 16.9 Å². The molecule has 2 aromatic rings. The van der Waals surface area contributed by atoms with Crippen LogP contribution in [0.2, 0.25) is 5.15 Å². The van der Waals surface area contributed by atoms with Crippen molar-refractivity contribution in [2.45, 2.75) is 31.6 Å². The second-order valence-electron chi connectivity index (χ2n) is 4.37. The van der Waals surface area contributed by atoms with Crippen molar-refractivity contribution in [1.29, 1.82) is 0 Å². The van der Waals surface area contributed by atoms with Crippen LogP contribution >= 0.6 is 11.6 Å². The highest BCUT2D eigenvalue weighted by Gasteiger charge is 2.21. The first-order valence-corrected chi connectivity index (χ1v) is 6.26. The average Bonchev–Trinajstić information content (AvgIpc) is 2.99. The summed E-state index contributed by atoms with van der Waals surface area (Å²) < 4.78 is 1.65. The van der Waals surface area contributed by atoms with E-state index >= 15 is 0 Å². The number of nitrogens with zero attached hydrogens (tertiary/aromatic N) is 4. The molecule has 3 rings (SSSR count). The van der Waals surface area contributed by atoms with Crippen molar-refractivity contribution in [3.63, 3.8) is 0 Å². The van der Waals surface area contributed by atoms with Gasteiger partial charge >= 0.3 is 0 Å². The average molecular weight is 249 g/mol. The van der Waals surface area contributed by atoms with Crippen LogP contribution in [-0.2, 0) is 0 Å². The SMILES string of the molecule is Clc1cc(C2CCCC2)nn1-c1cccnn1. The molecule has 0 radical (unpaired) electrons. The van der Waals surface area contributed by atoms with Crippen LogP contribution in [0, 0.1) is 0 Å². The Labute approximate surface area is 105 Å². The zero-order chi connectivity index (χ0) is 11.7. The molecule has 0 aromatic carbocycles. The molecule has 0 bridgehead atoms. The largest absolute Gasteiger partial charge is 0.202 e. The summed E-state index contributed by atoms with van der Waals surface area (Å²) in [5.41, 5.74) is 1.08. The Morgan fingerprint density at radius 2 is 2.12 bits per heavy atom. The summed E-state index contributed by atoms with van der Waals surface area (Å²) in [5, 5.41) is 13.0. The normalized spacial score (nSPS) is 16.5. The van der Waals surface area contributed by atoms with Crippen LogP contribution in [0.15, 0.2) is 24.4 Å². The molecule has 1 saturated carbocycles. The Morgan fingerprint density at radius 3 is 2.82 bits per heavy atom. The van der Waals surface area contributed by atoms with Gasteiger partial charge in [-0.25, -0.2) is 4.68 Å². The Balaban J connectivity index is 1.96. The van der Waals surface area contributed by atoms with E-state index in [1.54, 1.807) is 10.9 Å². The topological polar surface area (TPSA) is 43.6 Å². The first-order valence-electron chi connectivity index (χ1n) is 5.88. The Hall–Kier alpha value is -1.42. The molecule has 1 aliphatic carbocycles. The lowest BCUT2D eigenvalue weighted by molar-refractivity contribution is 0.673. The highest BCUT2D eigenvalue weighted by molar-refractivity contribution is 6.29. The monoisotopic (exact) mass is 248 g/mol. The lowest BCUT2D eigenvalue weighted by Crippen LogP contribution is -2.02. The lowest BCUT2D eigenvalue weighted by Gasteiger charge is -2.03. The number of hydrogen-bond donors (Lipinski definition) is 0. The Kier molecular flexibility index (Phi) is 2.81. The Morgan fingerprint density at radius 1 is 1.29 bits per heavy atom. The van der Waals surface area contributed by atoms with Gasteiger partial charge in [0.05, 0.1) is 5.69 Å². The molecule has 0 unspecified atom stereocenters. The molecule has 4 nitrogen and oxygen atoms in total. The summed E-state index contributed by atoms with van der Waals surface area (Å²) in [4.78, 5) is 0. The molecule has 2 aromatic heterocycles. The van der Waals surface area contributed by atoms with Crippen molar-refractivity contribution in [3.8, 4) is 5.82 Å². The molecule has 0 amide bonds. The second-order valence-corrected chi connectivity index (χ2v) is 4.75. The molecular weight excluding hydrogens is 236 g/mol. The van der Waals surface area contributed by atoms with E-state index in [0.717, 1.165) is 5.69 Å². The molecule has 17 heavy (non-hydrogen) atoms. The second kappa shape index (κ2) is 4.45. The van der Waals surface area contributed by atoms with Crippen LogP contribution in [-0.4, -0.2) is 20.0 Å². The van der Waals surface area contributed by atoms with Gasteiger partial charge in [0.25, 0.3) is 0 Å². The van der Waals surface area contributed by atoms with Crippen LogP contribution in [0.1, 0.15) is 37.3 Å². The predicted molar refractivity (Wildman–Crippen MR) is 65.4 cm³/mol. The van der Waals surface area contributed by atoms with Gasteiger partial charge in [-0.3, -0.25) is 0 Å². The summed E-state index contributed by atoms with van der Waals surface area (Å²) in [6.07, 6.45) is 6.65. The quantitative estimate of drug-likeness (QED) is 0.821. The maximum atomic E-state index is 6.19. The van der Waals surface area contributed by atoms with Crippen molar-refractivity contribution < 1.29 is 0 Å². The van der Waals surface area contributed by atoms with Gasteiger partial charge in [-0.1, -0.05) is 24.4 Å². The van der Waals surface area contributed by atoms with Gasteiger partial charge in [-0.15, -0.1) is 5.10 Å². The van der Waals surface area contributed by atoms with E-state index in [-0.39, 0.29) is 0 Å². The third kappa shape index (κ3) is 2.05. The summed E-state index contributed by atoms with van der Waals surface area (Å²) >= 11 is 6.19. The molecule has 0 atom stereocenters. The molecule has 0 saturated heterocycles. The zero-order valence-electron chi connectivity index (χ0n) is 9.38. The molecule has 1 fully saturated rings. The van der Waals surface area contributed by atoms with Crippen LogP contribution in [0.4, 0.5) is 0 Å². The number of halogens is 1. The van der Waals surface area contributed by atoms with E-state index in [9.17, 15) is 0 Å². The molecule has 0 aliphatic heterocycles. The van der Waals surface area contributed by atoms with Gasteiger partial charge in [0.2, 0.25) is 0 Å². The van der Waals surface area contributed by atoms with Crippen LogP contribution < -0.4 is 0 Å². The maximum absolute atomic E-state index is 6.19. The van der Waals surface area contributed by atoms with E-state index in [1.807, 2.05) is 18.2 Å². The highest BCUT2D eigenvalue weighted by Crippen LogP contribution is 2.34. The van der Waals surface area contributed by atoms with Gasteiger partial charge in [0.15, 0.2) is 5.82 Å².